The van der Waals surface area contributed by atoms with Gasteiger partial charge in [-0.05, 0) is 30.3 Å². The van der Waals surface area contributed by atoms with Crippen LogP contribution < -0.4 is 16.2 Å². The summed E-state index contributed by atoms with van der Waals surface area (Å²) in [6.07, 6.45) is -3.21. The summed E-state index contributed by atoms with van der Waals surface area (Å²) in [5, 5.41) is 4.88. The fraction of sp³-hybridized carbons (Fsp3) is 0.211. The van der Waals surface area contributed by atoms with E-state index in [9.17, 15) is 22.8 Å². The predicted octanol–water partition coefficient (Wildman–Crippen LogP) is 3.71. The number of methoxy groups -OCH3 is 1. The van der Waals surface area contributed by atoms with Crippen LogP contribution in [0.2, 0.25) is 0 Å². The van der Waals surface area contributed by atoms with Crippen molar-refractivity contribution in [3.63, 3.8) is 0 Å². The fourth-order valence-corrected chi connectivity index (χ4v) is 2.71. The first-order valence-corrected chi connectivity index (χ1v) is 8.52. The van der Waals surface area contributed by atoms with E-state index in [1.165, 1.54) is 48.3 Å². The van der Waals surface area contributed by atoms with Gasteiger partial charge < -0.3 is 15.4 Å². The highest BCUT2D eigenvalue weighted by Gasteiger charge is 2.33. The molecule has 3 aromatic rings. The third-order valence-electron chi connectivity index (χ3n) is 4.10. The molecular formula is C19H17F3N4O3. The van der Waals surface area contributed by atoms with E-state index in [0.29, 0.717) is 18.7 Å². The fourth-order valence-electron chi connectivity index (χ4n) is 2.71. The molecule has 0 unspecified atom stereocenters. The number of carbonyl (C=O) groups is 1. The quantitative estimate of drug-likeness (QED) is 0.677. The van der Waals surface area contributed by atoms with Crippen molar-refractivity contribution in [1.29, 1.82) is 0 Å². The van der Waals surface area contributed by atoms with Crippen molar-refractivity contribution in [2.24, 2.45) is 0 Å². The van der Waals surface area contributed by atoms with Gasteiger partial charge in [0, 0.05) is 12.8 Å². The van der Waals surface area contributed by atoms with Crippen LogP contribution in [0.25, 0.3) is 10.9 Å². The third-order valence-corrected chi connectivity index (χ3v) is 4.10. The number of anilines is 2. The van der Waals surface area contributed by atoms with Crippen molar-refractivity contribution < 1.29 is 22.7 Å². The Bertz CT molecular complexity index is 1100. The number of nitrogens with one attached hydrogen (secondary N) is 2. The highest BCUT2D eigenvalue weighted by Crippen LogP contribution is 2.34. The third kappa shape index (κ3) is 4.72. The Morgan fingerprint density at radius 1 is 1.17 bits per heavy atom. The molecule has 7 nitrogen and oxygen atoms in total. The van der Waals surface area contributed by atoms with Crippen molar-refractivity contribution in [3.8, 4) is 0 Å². The van der Waals surface area contributed by atoms with Gasteiger partial charge in [0.05, 0.1) is 41.6 Å². The van der Waals surface area contributed by atoms with Crippen LogP contribution in [0.5, 0.6) is 0 Å². The molecule has 2 aromatic carbocycles. The second kappa shape index (κ2) is 8.31. The number of hydrogen-bond acceptors (Lipinski definition) is 4. The van der Waals surface area contributed by atoms with E-state index in [1.54, 1.807) is 0 Å². The summed E-state index contributed by atoms with van der Waals surface area (Å²) in [5.41, 5.74) is -0.987. The molecule has 3 rings (SSSR count). The van der Waals surface area contributed by atoms with Crippen molar-refractivity contribution in [3.05, 3.63) is 64.7 Å². The second-order valence-corrected chi connectivity index (χ2v) is 6.09. The molecule has 0 saturated carbocycles. The van der Waals surface area contributed by atoms with Gasteiger partial charge in [-0.1, -0.05) is 12.1 Å². The van der Waals surface area contributed by atoms with Crippen LogP contribution >= 0.6 is 0 Å². The molecule has 0 fully saturated rings. The van der Waals surface area contributed by atoms with E-state index >= 15 is 0 Å². The topological polar surface area (TPSA) is 85.2 Å². The lowest BCUT2D eigenvalue weighted by molar-refractivity contribution is -0.136. The molecule has 2 amide bonds. The molecule has 152 valence electrons. The molecule has 0 atom stereocenters. The first-order chi connectivity index (χ1) is 13.8. The Kier molecular flexibility index (Phi) is 5.83. The smallest absolute Gasteiger partial charge is 0.383 e. The molecule has 29 heavy (non-hydrogen) atoms. The van der Waals surface area contributed by atoms with Crippen LogP contribution in [0.15, 0.2) is 53.6 Å². The van der Waals surface area contributed by atoms with Crippen molar-refractivity contribution >= 4 is 28.3 Å². The average molecular weight is 406 g/mol. The van der Waals surface area contributed by atoms with Crippen LogP contribution in [0.1, 0.15) is 5.56 Å². The maximum Gasteiger partial charge on any atom is 0.418 e. The van der Waals surface area contributed by atoms with Gasteiger partial charge in [0.25, 0.3) is 5.56 Å². The van der Waals surface area contributed by atoms with Gasteiger partial charge in [-0.3, -0.25) is 9.36 Å². The van der Waals surface area contributed by atoms with Crippen LogP contribution in [0.3, 0.4) is 0 Å². The van der Waals surface area contributed by atoms with Crippen molar-refractivity contribution in [1.82, 2.24) is 9.55 Å². The van der Waals surface area contributed by atoms with Gasteiger partial charge >= 0.3 is 12.2 Å². The lowest BCUT2D eigenvalue weighted by Crippen LogP contribution is -2.24. The number of benzene rings is 2. The highest BCUT2D eigenvalue weighted by molar-refractivity contribution is 6.01. The van der Waals surface area contributed by atoms with Gasteiger partial charge in [-0.15, -0.1) is 0 Å². The van der Waals surface area contributed by atoms with Crippen LogP contribution in [-0.2, 0) is 17.5 Å². The Balaban J connectivity index is 1.82. The van der Waals surface area contributed by atoms with Crippen molar-refractivity contribution in [2.45, 2.75) is 12.7 Å². The Morgan fingerprint density at radius 2 is 1.93 bits per heavy atom. The molecule has 0 bridgehead atoms. The average Bonchev–Trinajstić information content (AvgIpc) is 2.67. The normalized spacial score (nSPS) is 11.4. The molecule has 0 aliphatic rings. The number of nitrogens with zero attached hydrogens (tertiary/aromatic N) is 2. The molecule has 2 N–H and O–H groups in total. The van der Waals surface area contributed by atoms with Crippen LogP contribution in [0.4, 0.5) is 29.3 Å². The molecular weight excluding hydrogens is 389 g/mol. The van der Waals surface area contributed by atoms with E-state index in [0.717, 1.165) is 12.1 Å². The maximum absolute atomic E-state index is 13.0. The van der Waals surface area contributed by atoms with Gasteiger partial charge in [0.15, 0.2) is 0 Å². The van der Waals surface area contributed by atoms with Gasteiger partial charge in [-0.2, -0.15) is 13.2 Å². The minimum atomic E-state index is -4.61. The lowest BCUT2D eigenvalue weighted by atomic mass is 10.1. The number of amides is 2. The maximum atomic E-state index is 13.0. The summed E-state index contributed by atoms with van der Waals surface area (Å²) in [4.78, 5) is 28.9. The Morgan fingerprint density at radius 3 is 2.66 bits per heavy atom. The summed E-state index contributed by atoms with van der Waals surface area (Å²) < 4.78 is 45.5. The standard InChI is InChI=1S/C19H17F3N4O3/c1-29-9-8-26-11-23-15-7-6-12(10-13(15)17(26)27)24-18(28)25-16-5-3-2-4-14(16)19(20,21)22/h2-7,10-11H,8-9H2,1H3,(H2,24,25,28). The van der Waals surface area contributed by atoms with Crippen LogP contribution in [-0.4, -0.2) is 29.3 Å². The van der Waals surface area contributed by atoms with E-state index < -0.39 is 17.8 Å². The number of para-hydroxylation sites is 1. The minimum absolute atomic E-state index is 0.239. The minimum Gasteiger partial charge on any atom is -0.383 e. The first-order valence-electron chi connectivity index (χ1n) is 8.52. The molecule has 0 saturated heterocycles. The number of halogens is 3. The molecule has 0 radical (unpaired) electrons. The van der Waals surface area contributed by atoms with E-state index in [-0.39, 0.29) is 22.3 Å². The lowest BCUT2D eigenvalue weighted by Gasteiger charge is -2.14. The molecule has 0 aliphatic carbocycles. The number of urea groups is 1. The summed E-state index contributed by atoms with van der Waals surface area (Å²) in [6, 6.07) is 8.24. The SMILES string of the molecule is COCCn1cnc2ccc(NC(=O)Nc3ccccc3C(F)(F)F)cc2c1=O. The number of ether oxygens (including phenoxy) is 1. The van der Waals surface area contributed by atoms with E-state index in [4.69, 9.17) is 4.74 Å². The number of rotatable bonds is 5. The summed E-state index contributed by atoms with van der Waals surface area (Å²) >= 11 is 0. The van der Waals surface area contributed by atoms with Gasteiger partial charge in [0.2, 0.25) is 0 Å². The zero-order valence-corrected chi connectivity index (χ0v) is 15.3. The molecule has 10 heteroatoms. The van der Waals surface area contributed by atoms with Crippen molar-refractivity contribution in [2.75, 3.05) is 24.4 Å². The zero-order valence-electron chi connectivity index (χ0n) is 15.3. The number of alkyl halides is 3. The zero-order chi connectivity index (χ0) is 21.0. The van der Waals surface area contributed by atoms with Crippen LogP contribution in [0, 0.1) is 0 Å². The van der Waals surface area contributed by atoms with E-state index in [1.807, 2.05) is 0 Å². The number of carbonyl (C=O) groups excluding carboxylic acids is 1. The second-order valence-electron chi connectivity index (χ2n) is 6.09. The monoisotopic (exact) mass is 406 g/mol. The molecule has 0 spiro atoms. The summed E-state index contributed by atoms with van der Waals surface area (Å²) in [5.74, 6) is 0. The summed E-state index contributed by atoms with van der Waals surface area (Å²) in [6.45, 7) is 0.636. The molecule has 1 aromatic heterocycles. The first kappa shape index (κ1) is 20.3. The highest BCUT2D eigenvalue weighted by atomic mass is 19.4. The largest absolute Gasteiger partial charge is 0.418 e. The van der Waals surface area contributed by atoms with Gasteiger partial charge in [-0.25, -0.2) is 9.78 Å². The Hall–Kier alpha value is -3.40. The Labute approximate surface area is 163 Å². The predicted molar refractivity (Wildman–Crippen MR) is 102 cm³/mol. The number of fused-ring (bicyclic) bond motifs is 1. The number of aromatic nitrogens is 2. The summed E-state index contributed by atoms with van der Waals surface area (Å²) in [7, 11) is 1.51. The molecule has 0 aliphatic heterocycles. The number of hydrogen-bond donors (Lipinski definition) is 2. The van der Waals surface area contributed by atoms with Gasteiger partial charge in [0.1, 0.15) is 0 Å². The van der Waals surface area contributed by atoms with E-state index in [2.05, 4.69) is 15.6 Å². The molecule has 1 heterocycles.